The van der Waals surface area contributed by atoms with Crippen LogP contribution in [0, 0.1) is 5.82 Å². The highest BCUT2D eigenvalue weighted by Gasteiger charge is 2.14. The van der Waals surface area contributed by atoms with Gasteiger partial charge >= 0.3 is 0 Å². The van der Waals surface area contributed by atoms with Crippen molar-refractivity contribution in [3.63, 3.8) is 0 Å². The summed E-state index contributed by atoms with van der Waals surface area (Å²) < 4.78 is 24.2. The second kappa shape index (κ2) is 7.08. The zero-order chi connectivity index (χ0) is 15.2. The summed E-state index contributed by atoms with van der Waals surface area (Å²) in [6.45, 7) is 2.77. The van der Waals surface area contributed by atoms with E-state index in [0.29, 0.717) is 11.6 Å². The summed E-state index contributed by atoms with van der Waals surface area (Å²) in [5.41, 5.74) is 0. The van der Waals surface area contributed by atoms with Gasteiger partial charge in [-0.3, -0.25) is 0 Å². The summed E-state index contributed by atoms with van der Waals surface area (Å²) in [5, 5.41) is 3.14. The number of aromatic nitrogens is 2. The first-order valence-corrected chi connectivity index (χ1v) is 6.79. The third-order valence-corrected chi connectivity index (χ3v) is 2.93. The van der Waals surface area contributed by atoms with Crippen molar-refractivity contribution in [3.8, 4) is 17.4 Å². The van der Waals surface area contributed by atoms with Crippen LogP contribution in [0.2, 0.25) is 5.02 Å². The maximum atomic E-state index is 13.4. The van der Waals surface area contributed by atoms with E-state index in [9.17, 15) is 4.39 Å². The quantitative estimate of drug-likeness (QED) is 0.877. The molecule has 1 aromatic heterocycles. The van der Waals surface area contributed by atoms with Crippen molar-refractivity contribution in [3.05, 3.63) is 35.4 Å². The van der Waals surface area contributed by atoms with Gasteiger partial charge in [-0.15, -0.1) is 0 Å². The summed E-state index contributed by atoms with van der Waals surface area (Å²) in [6.07, 6.45) is 2.29. The maximum Gasteiger partial charge on any atom is 0.268 e. The van der Waals surface area contributed by atoms with Crippen molar-refractivity contribution in [1.29, 1.82) is 0 Å². The maximum absolute atomic E-state index is 13.4. The first-order valence-electron chi connectivity index (χ1n) is 6.41. The Hall–Kier alpha value is -2.08. The predicted molar refractivity (Wildman–Crippen MR) is 78.8 cm³/mol. The van der Waals surface area contributed by atoms with Gasteiger partial charge in [-0.1, -0.05) is 18.5 Å². The summed E-state index contributed by atoms with van der Waals surface area (Å²) in [6, 6.07) is 4.14. The Kier molecular flexibility index (Phi) is 5.16. The number of nitrogens with zero attached hydrogens (tertiary/aromatic N) is 2. The lowest BCUT2D eigenvalue weighted by Crippen LogP contribution is -2.05. The average molecular weight is 312 g/mol. The van der Waals surface area contributed by atoms with Crippen LogP contribution < -0.4 is 14.8 Å². The molecule has 1 aromatic carbocycles. The van der Waals surface area contributed by atoms with Gasteiger partial charge in [0.2, 0.25) is 5.75 Å². The molecule has 5 nitrogen and oxygen atoms in total. The fourth-order valence-electron chi connectivity index (χ4n) is 1.64. The highest BCUT2D eigenvalue weighted by atomic mass is 35.5. The van der Waals surface area contributed by atoms with Gasteiger partial charge in [0.05, 0.1) is 12.1 Å². The normalized spacial score (nSPS) is 10.3. The highest BCUT2D eigenvalue weighted by Crippen LogP contribution is 2.34. The number of halogens is 2. The van der Waals surface area contributed by atoms with Crippen molar-refractivity contribution in [2.45, 2.75) is 13.3 Å². The van der Waals surface area contributed by atoms with Crippen molar-refractivity contribution in [2.75, 3.05) is 19.0 Å². The third kappa shape index (κ3) is 3.72. The molecule has 2 rings (SSSR count). The van der Waals surface area contributed by atoms with Gasteiger partial charge in [-0.2, -0.15) is 4.98 Å². The lowest BCUT2D eigenvalue weighted by atomic mass is 10.3. The van der Waals surface area contributed by atoms with Crippen LogP contribution in [0.25, 0.3) is 0 Å². The molecule has 0 spiro atoms. The van der Waals surface area contributed by atoms with Crippen molar-refractivity contribution < 1.29 is 13.9 Å². The minimum atomic E-state index is -0.563. The number of rotatable bonds is 6. The average Bonchev–Trinajstić information content (AvgIpc) is 2.49. The van der Waals surface area contributed by atoms with Crippen LogP contribution in [0.3, 0.4) is 0 Å². The molecule has 0 saturated heterocycles. The number of methoxy groups -OCH3 is 1. The van der Waals surface area contributed by atoms with Gasteiger partial charge in [-0.05, 0) is 18.6 Å². The number of ether oxygens (including phenoxy) is 2. The van der Waals surface area contributed by atoms with Crippen LogP contribution in [0.15, 0.2) is 24.5 Å². The number of benzene rings is 1. The molecule has 0 radical (unpaired) electrons. The summed E-state index contributed by atoms with van der Waals surface area (Å²) in [7, 11) is 1.49. The molecule has 2 aromatic rings. The van der Waals surface area contributed by atoms with Crippen molar-refractivity contribution in [2.24, 2.45) is 0 Å². The predicted octanol–water partition coefficient (Wildman–Crippen LogP) is 3.89. The first kappa shape index (κ1) is 15.3. The van der Waals surface area contributed by atoms with E-state index in [1.165, 1.54) is 25.6 Å². The monoisotopic (exact) mass is 311 g/mol. The van der Waals surface area contributed by atoms with E-state index < -0.39 is 5.82 Å². The van der Waals surface area contributed by atoms with Gasteiger partial charge in [0, 0.05) is 12.6 Å². The van der Waals surface area contributed by atoms with E-state index in [1.807, 2.05) is 6.92 Å². The molecule has 0 aliphatic carbocycles. The standard InChI is InChI=1S/C14H15ClFN3O2/c1-3-6-17-13-12(20-2)14(19-8-18-13)21-9-4-5-10(15)11(16)7-9/h4-5,7-8H,3,6H2,1-2H3,(H,17,18,19). The molecule has 1 heterocycles. The molecule has 0 unspecified atom stereocenters. The Labute approximate surface area is 127 Å². The summed E-state index contributed by atoms with van der Waals surface area (Å²) >= 11 is 5.63. The summed E-state index contributed by atoms with van der Waals surface area (Å²) in [5.74, 6) is 0.801. The molecule has 0 amide bonds. The fourth-order valence-corrected chi connectivity index (χ4v) is 1.75. The van der Waals surface area contributed by atoms with E-state index in [0.717, 1.165) is 13.0 Å². The number of nitrogens with one attached hydrogen (secondary N) is 1. The van der Waals surface area contributed by atoms with Crippen molar-refractivity contribution >= 4 is 17.4 Å². The van der Waals surface area contributed by atoms with Crippen LogP contribution >= 0.6 is 11.6 Å². The molecule has 0 aliphatic rings. The van der Waals surface area contributed by atoms with Gasteiger partial charge in [0.1, 0.15) is 17.9 Å². The minimum Gasteiger partial charge on any atom is -0.489 e. The Morgan fingerprint density at radius 1 is 1.33 bits per heavy atom. The van der Waals surface area contributed by atoms with E-state index in [4.69, 9.17) is 21.1 Å². The lowest BCUT2D eigenvalue weighted by molar-refractivity contribution is 0.368. The molecule has 0 bridgehead atoms. The first-order chi connectivity index (χ1) is 10.2. The number of hydrogen-bond acceptors (Lipinski definition) is 5. The van der Waals surface area contributed by atoms with Gasteiger partial charge in [0.15, 0.2) is 5.82 Å². The number of anilines is 1. The topological polar surface area (TPSA) is 56.3 Å². The Balaban J connectivity index is 2.28. The smallest absolute Gasteiger partial charge is 0.268 e. The highest BCUT2D eigenvalue weighted by molar-refractivity contribution is 6.30. The second-order valence-corrected chi connectivity index (χ2v) is 4.57. The van der Waals surface area contributed by atoms with Gasteiger partial charge in [-0.25, -0.2) is 9.37 Å². The molecular formula is C14H15ClFN3O2. The Bertz CT molecular complexity index is 625. The molecule has 7 heteroatoms. The second-order valence-electron chi connectivity index (χ2n) is 4.17. The lowest BCUT2D eigenvalue weighted by Gasteiger charge is -2.13. The molecule has 0 atom stereocenters. The van der Waals surface area contributed by atoms with Crippen molar-refractivity contribution in [1.82, 2.24) is 9.97 Å². The molecule has 1 N–H and O–H groups in total. The third-order valence-electron chi connectivity index (χ3n) is 2.62. The zero-order valence-corrected chi connectivity index (χ0v) is 12.4. The Morgan fingerprint density at radius 3 is 2.81 bits per heavy atom. The van der Waals surface area contributed by atoms with E-state index in [-0.39, 0.29) is 16.7 Å². The van der Waals surface area contributed by atoms with E-state index in [1.54, 1.807) is 6.07 Å². The molecular weight excluding hydrogens is 297 g/mol. The van der Waals surface area contributed by atoms with Gasteiger partial charge in [0.25, 0.3) is 5.88 Å². The SMILES string of the molecule is CCCNc1ncnc(Oc2ccc(Cl)c(F)c2)c1OC. The fraction of sp³-hybridized carbons (Fsp3) is 0.286. The molecule has 112 valence electrons. The van der Waals surface area contributed by atoms with Crippen LogP contribution in [-0.4, -0.2) is 23.6 Å². The van der Waals surface area contributed by atoms with Gasteiger partial charge < -0.3 is 14.8 Å². The Morgan fingerprint density at radius 2 is 2.14 bits per heavy atom. The van der Waals surface area contributed by atoms with Crippen LogP contribution in [0.5, 0.6) is 17.4 Å². The molecule has 0 fully saturated rings. The van der Waals surface area contributed by atoms with Crippen LogP contribution in [0.1, 0.15) is 13.3 Å². The summed E-state index contributed by atoms with van der Waals surface area (Å²) in [4.78, 5) is 8.11. The van der Waals surface area contributed by atoms with Crippen LogP contribution in [-0.2, 0) is 0 Å². The number of hydrogen-bond donors (Lipinski definition) is 1. The van der Waals surface area contributed by atoms with E-state index in [2.05, 4.69) is 15.3 Å². The molecule has 21 heavy (non-hydrogen) atoms. The van der Waals surface area contributed by atoms with E-state index >= 15 is 0 Å². The zero-order valence-electron chi connectivity index (χ0n) is 11.7. The van der Waals surface area contributed by atoms with Crippen LogP contribution in [0.4, 0.5) is 10.2 Å². The minimum absolute atomic E-state index is 0.0299. The molecule has 0 aliphatic heterocycles. The largest absolute Gasteiger partial charge is 0.489 e. The molecule has 0 saturated carbocycles.